The number of halogens is 3. The van der Waals surface area contributed by atoms with Crippen LogP contribution < -0.4 is 10.8 Å². The maximum Gasteiger partial charge on any atom is 0.494 e. The first-order chi connectivity index (χ1) is 14.9. The highest BCUT2D eigenvalue weighted by Gasteiger charge is 2.43. The predicted molar refractivity (Wildman–Crippen MR) is 123 cm³/mol. The standard InChI is InChI=1S/C19H27BF3NO4.2C2H6/c1-12-18(2,3)28-20(27-12)14-8-6-13(7-9-14)15(10-11-21)26-19(4,5)24-17(25)16(22)23;2*1-2/h6-9,12,15-16H,10-11H2,1-5H3,(H,24,25);2*1-2H3. The normalized spacial score (nSPS) is 18.3. The highest BCUT2D eigenvalue weighted by molar-refractivity contribution is 6.61. The van der Waals surface area contributed by atoms with Crippen molar-refractivity contribution < 1.29 is 32.0 Å². The highest BCUT2D eigenvalue weighted by atomic mass is 19.3. The van der Waals surface area contributed by atoms with Gasteiger partial charge in [0.05, 0.1) is 24.5 Å². The molecule has 1 aliphatic rings. The van der Waals surface area contributed by atoms with Crippen molar-refractivity contribution in [2.45, 2.75) is 98.7 Å². The SMILES string of the molecule is CC.CC.CC1OB(c2ccc(C(CCF)OC(C)(C)NC(=O)C(F)F)cc2)OC1(C)C. The van der Waals surface area contributed by atoms with E-state index in [-0.39, 0.29) is 12.5 Å². The maximum atomic E-state index is 13.0. The van der Waals surface area contributed by atoms with E-state index in [2.05, 4.69) is 5.32 Å². The Bertz CT molecular complexity index is 672. The average molecular weight is 461 g/mol. The fraction of sp³-hybridized carbons (Fsp3) is 0.696. The summed E-state index contributed by atoms with van der Waals surface area (Å²) in [5.74, 6) is -1.44. The molecule has 0 saturated carbocycles. The first kappa shape index (κ1) is 30.4. The minimum Gasteiger partial charge on any atom is -0.402 e. The second-order valence-electron chi connectivity index (χ2n) is 7.88. The van der Waals surface area contributed by atoms with Crippen molar-refractivity contribution in [2.24, 2.45) is 0 Å². The molecule has 1 saturated heterocycles. The Morgan fingerprint density at radius 3 is 2.12 bits per heavy atom. The number of hydrogen-bond acceptors (Lipinski definition) is 4. The van der Waals surface area contributed by atoms with Crippen LogP contribution in [0.5, 0.6) is 0 Å². The van der Waals surface area contributed by atoms with Crippen LogP contribution in [-0.2, 0) is 18.8 Å². The molecule has 1 aromatic rings. The number of hydrogen-bond donors (Lipinski definition) is 1. The van der Waals surface area contributed by atoms with E-state index in [1.807, 2.05) is 48.5 Å². The summed E-state index contributed by atoms with van der Waals surface area (Å²) >= 11 is 0. The van der Waals surface area contributed by atoms with E-state index in [4.69, 9.17) is 14.0 Å². The first-order valence-corrected chi connectivity index (χ1v) is 11.2. The minimum absolute atomic E-state index is 0.0216. The number of alkyl halides is 3. The zero-order valence-electron chi connectivity index (χ0n) is 20.8. The summed E-state index contributed by atoms with van der Waals surface area (Å²) < 4.78 is 55.5. The summed E-state index contributed by atoms with van der Waals surface area (Å²) in [4.78, 5) is 11.3. The summed E-state index contributed by atoms with van der Waals surface area (Å²) in [6, 6.07) is 7.10. The molecule has 9 heteroatoms. The van der Waals surface area contributed by atoms with Crippen LogP contribution in [0.25, 0.3) is 0 Å². The zero-order chi connectivity index (χ0) is 25.1. The van der Waals surface area contributed by atoms with Gasteiger partial charge in [0.15, 0.2) is 0 Å². The average Bonchev–Trinajstić information content (AvgIpc) is 3.02. The number of ether oxygens (including phenoxy) is 1. The lowest BCUT2D eigenvalue weighted by Gasteiger charge is -2.31. The molecule has 5 nitrogen and oxygen atoms in total. The third kappa shape index (κ3) is 9.12. The smallest absolute Gasteiger partial charge is 0.402 e. The van der Waals surface area contributed by atoms with Crippen LogP contribution in [0.4, 0.5) is 13.2 Å². The molecule has 2 atom stereocenters. The van der Waals surface area contributed by atoms with Crippen LogP contribution in [-0.4, -0.2) is 43.6 Å². The molecular weight excluding hydrogens is 422 g/mol. The largest absolute Gasteiger partial charge is 0.494 e. The van der Waals surface area contributed by atoms with E-state index >= 15 is 0 Å². The van der Waals surface area contributed by atoms with Gasteiger partial charge in [0.25, 0.3) is 5.91 Å². The van der Waals surface area contributed by atoms with E-state index in [9.17, 15) is 18.0 Å². The van der Waals surface area contributed by atoms with Gasteiger partial charge in [-0.15, -0.1) is 0 Å². The third-order valence-electron chi connectivity index (χ3n) is 4.73. The van der Waals surface area contributed by atoms with Gasteiger partial charge in [-0.25, -0.2) is 0 Å². The van der Waals surface area contributed by atoms with E-state index in [1.165, 1.54) is 13.8 Å². The number of benzene rings is 1. The summed E-state index contributed by atoms with van der Waals surface area (Å²) in [6.07, 6.45) is -3.92. The van der Waals surface area contributed by atoms with Crippen molar-refractivity contribution in [1.82, 2.24) is 5.32 Å². The van der Waals surface area contributed by atoms with E-state index < -0.39 is 43.6 Å². The van der Waals surface area contributed by atoms with Crippen LogP contribution in [0.1, 0.15) is 80.4 Å². The van der Waals surface area contributed by atoms with Gasteiger partial charge in [0, 0.05) is 6.42 Å². The number of carbonyl (C=O) groups excluding carboxylic acids is 1. The van der Waals surface area contributed by atoms with Crippen LogP contribution in [0, 0.1) is 0 Å². The van der Waals surface area contributed by atoms with Crippen molar-refractivity contribution in [3.8, 4) is 0 Å². The Morgan fingerprint density at radius 2 is 1.72 bits per heavy atom. The van der Waals surface area contributed by atoms with Crippen LogP contribution in [0.3, 0.4) is 0 Å². The molecule has 1 amide bonds. The number of rotatable bonds is 8. The molecular formula is C23H39BF3NO4. The summed E-state index contributed by atoms with van der Waals surface area (Å²) in [6.45, 7) is 16.1. The third-order valence-corrected chi connectivity index (χ3v) is 4.73. The lowest BCUT2D eigenvalue weighted by atomic mass is 9.78. The fourth-order valence-corrected chi connectivity index (χ4v) is 2.89. The molecule has 0 spiro atoms. The van der Waals surface area contributed by atoms with Gasteiger partial charge < -0.3 is 19.4 Å². The summed E-state index contributed by atoms with van der Waals surface area (Å²) in [7, 11) is -0.499. The quantitative estimate of drug-likeness (QED) is 0.428. The Labute approximate surface area is 191 Å². The van der Waals surface area contributed by atoms with E-state index in [1.54, 1.807) is 24.3 Å². The van der Waals surface area contributed by atoms with Crippen molar-refractivity contribution in [3.63, 3.8) is 0 Å². The van der Waals surface area contributed by atoms with Crippen LogP contribution >= 0.6 is 0 Å². The molecule has 2 rings (SSSR count). The number of amides is 1. The second-order valence-corrected chi connectivity index (χ2v) is 7.88. The molecule has 32 heavy (non-hydrogen) atoms. The van der Waals surface area contributed by atoms with Gasteiger partial charge in [0.1, 0.15) is 5.72 Å². The number of nitrogens with one attached hydrogen (secondary N) is 1. The molecule has 1 N–H and O–H groups in total. The van der Waals surface area contributed by atoms with Gasteiger partial charge in [-0.05, 0) is 45.6 Å². The van der Waals surface area contributed by atoms with Crippen molar-refractivity contribution in [2.75, 3.05) is 6.67 Å². The van der Waals surface area contributed by atoms with Gasteiger partial charge in [0.2, 0.25) is 0 Å². The molecule has 0 aromatic heterocycles. The Balaban J connectivity index is 0.00000227. The molecule has 1 aliphatic heterocycles. The highest BCUT2D eigenvalue weighted by Crippen LogP contribution is 2.28. The minimum atomic E-state index is -3.15. The Morgan fingerprint density at radius 1 is 1.19 bits per heavy atom. The van der Waals surface area contributed by atoms with Crippen molar-refractivity contribution >= 4 is 18.5 Å². The van der Waals surface area contributed by atoms with Crippen LogP contribution in [0.15, 0.2) is 24.3 Å². The van der Waals surface area contributed by atoms with Crippen LogP contribution in [0.2, 0.25) is 0 Å². The molecule has 1 aromatic carbocycles. The van der Waals surface area contributed by atoms with Crippen molar-refractivity contribution in [3.05, 3.63) is 29.8 Å². The molecule has 184 valence electrons. The maximum absolute atomic E-state index is 13.0. The van der Waals surface area contributed by atoms with Gasteiger partial charge in [-0.3, -0.25) is 9.18 Å². The molecule has 0 bridgehead atoms. The van der Waals surface area contributed by atoms with Gasteiger partial charge in [-0.2, -0.15) is 8.78 Å². The van der Waals surface area contributed by atoms with Gasteiger partial charge >= 0.3 is 13.5 Å². The fourth-order valence-electron chi connectivity index (χ4n) is 2.89. The predicted octanol–water partition coefficient (Wildman–Crippen LogP) is 5.18. The molecule has 1 heterocycles. The Hall–Kier alpha value is -1.58. The monoisotopic (exact) mass is 461 g/mol. The zero-order valence-corrected chi connectivity index (χ0v) is 20.8. The van der Waals surface area contributed by atoms with E-state index in [0.29, 0.717) is 5.56 Å². The molecule has 0 aliphatic carbocycles. The molecule has 0 radical (unpaired) electrons. The summed E-state index contributed by atoms with van der Waals surface area (Å²) in [5.41, 5.74) is -0.323. The lowest BCUT2D eigenvalue weighted by molar-refractivity contribution is -0.148. The molecule has 1 fully saturated rings. The lowest BCUT2D eigenvalue weighted by Crippen LogP contribution is -2.48. The second kappa shape index (κ2) is 13.9. The van der Waals surface area contributed by atoms with E-state index in [0.717, 1.165) is 5.46 Å². The summed E-state index contributed by atoms with van der Waals surface area (Å²) in [5, 5.41) is 2.11. The number of carbonyl (C=O) groups is 1. The van der Waals surface area contributed by atoms with Gasteiger partial charge in [-0.1, -0.05) is 52.0 Å². The van der Waals surface area contributed by atoms with Crippen molar-refractivity contribution in [1.29, 1.82) is 0 Å². The Kier molecular flexibility index (Phi) is 13.2. The molecule has 2 unspecified atom stereocenters. The topological polar surface area (TPSA) is 56.8 Å². The first-order valence-electron chi connectivity index (χ1n) is 11.2.